The average molecular weight is 272 g/mol. The predicted molar refractivity (Wildman–Crippen MR) is 81.2 cm³/mol. The standard InChI is InChI=1S/C14H16N4S/c1-10-5-6-12(13(15)19)14(17-10)18(2)9-11-4-3-7-16-8-11/h3-8H,9H2,1-2H3,(H2,15,19). The van der Waals surface area contributed by atoms with Crippen molar-refractivity contribution in [2.24, 2.45) is 5.73 Å². The van der Waals surface area contributed by atoms with Crippen LogP contribution >= 0.6 is 12.2 Å². The highest BCUT2D eigenvalue weighted by atomic mass is 32.1. The molecule has 0 fully saturated rings. The van der Waals surface area contributed by atoms with Gasteiger partial charge in [0.05, 0.1) is 5.56 Å². The molecule has 98 valence electrons. The van der Waals surface area contributed by atoms with Crippen molar-refractivity contribution in [3.8, 4) is 0 Å². The lowest BCUT2D eigenvalue weighted by Gasteiger charge is -2.21. The number of thiocarbonyl (C=S) groups is 1. The first-order valence-corrected chi connectivity index (χ1v) is 6.36. The minimum Gasteiger partial charge on any atom is -0.389 e. The second kappa shape index (κ2) is 5.75. The molecule has 0 spiro atoms. The van der Waals surface area contributed by atoms with Crippen molar-refractivity contribution >= 4 is 23.0 Å². The molecule has 2 heterocycles. The Balaban J connectivity index is 2.30. The number of hydrogen-bond acceptors (Lipinski definition) is 4. The van der Waals surface area contributed by atoms with Gasteiger partial charge in [0.2, 0.25) is 0 Å². The summed E-state index contributed by atoms with van der Waals surface area (Å²) in [6.07, 6.45) is 3.60. The zero-order valence-corrected chi connectivity index (χ0v) is 11.8. The first kappa shape index (κ1) is 13.4. The Labute approximate surface area is 118 Å². The van der Waals surface area contributed by atoms with E-state index in [1.54, 1.807) is 6.20 Å². The van der Waals surface area contributed by atoms with Crippen LogP contribution in [0.25, 0.3) is 0 Å². The van der Waals surface area contributed by atoms with Crippen molar-refractivity contribution in [2.45, 2.75) is 13.5 Å². The van der Waals surface area contributed by atoms with E-state index in [0.717, 1.165) is 22.6 Å². The first-order valence-electron chi connectivity index (χ1n) is 5.95. The third kappa shape index (κ3) is 3.26. The number of nitrogens with two attached hydrogens (primary N) is 1. The van der Waals surface area contributed by atoms with E-state index in [1.807, 2.05) is 49.3 Å². The maximum Gasteiger partial charge on any atom is 0.139 e. The maximum absolute atomic E-state index is 5.75. The Morgan fingerprint density at radius 3 is 2.79 bits per heavy atom. The number of aryl methyl sites for hydroxylation is 1. The van der Waals surface area contributed by atoms with Crippen molar-refractivity contribution < 1.29 is 0 Å². The van der Waals surface area contributed by atoms with Gasteiger partial charge in [-0.05, 0) is 30.7 Å². The van der Waals surface area contributed by atoms with Crippen molar-refractivity contribution in [1.29, 1.82) is 0 Å². The van der Waals surface area contributed by atoms with Gasteiger partial charge in [-0.2, -0.15) is 0 Å². The van der Waals surface area contributed by atoms with Crippen LogP contribution in [0.3, 0.4) is 0 Å². The van der Waals surface area contributed by atoms with Gasteiger partial charge < -0.3 is 10.6 Å². The van der Waals surface area contributed by atoms with Crippen LogP contribution in [0.2, 0.25) is 0 Å². The van der Waals surface area contributed by atoms with Crippen LogP contribution in [0.4, 0.5) is 5.82 Å². The molecule has 2 aromatic heterocycles. The van der Waals surface area contributed by atoms with E-state index in [-0.39, 0.29) is 0 Å². The van der Waals surface area contributed by atoms with Crippen LogP contribution < -0.4 is 10.6 Å². The minimum absolute atomic E-state index is 0.362. The Hall–Kier alpha value is -2.01. The zero-order chi connectivity index (χ0) is 13.8. The van der Waals surface area contributed by atoms with Crippen LogP contribution in [-0.2, 0) is 6.54 Å². The summed E-state index contributed by atoms with van der Waals surface area (Å²) in [7, 11) is 1.97. The number of anilines is 1. The second-order valence-electron chi connectivity index (χ2n) is 4.41. The summed E-state index contributed by atoms with van der Waals surface area (Å²) in [5.41, 5.74) is 8.60. The quantitative estimate of drug-likeness (QED) is 0.863. The average Bonchev–Trinajstić information content (AvgIpc) is 2.39. The summed E-state index contributed by atoms with van der Waals surface area (Å²) < 4.78 is 0. The topological polar surface area (TPSA) is 55.0 Å². The summed E-state index contributed by atoms with van der Waals surface area (Å²) in [4.78, 5) is 11.0. The molecule has 0 bridgehead atoms. The molecule has 0 radical (unpaired) electrons. The van der Waals surface area contributed by atoms with E-state index in [1.165, 1.54) is 0 Å². The number of pyridine rings is 2. The Kier molecular flexibility index (Phi) is 4.06. The molecule has 0 amide bonds. The number of nitrogens with zero attached hydrogens (tertiary/aromatic N) is 3. The van der Waals surface area contributed by atoms with E-state index >= 15 is 0 Å². The van der Waals surface area contributed by atoms with E-state index in [0.29, 0.717) is 11.5 Å². The number of aromatic nitrogens is 2. The summed E-state index contributed by atoms with van der Waals surface area (Å²) in [6.45, 7) is 2.66. The second-order valence-corrected chi connectivity index (χ2v) is 4.85. The van der Waals surface area contributed by atoms with Crippen LogP contribution in [0, 0.1) is 6.92 Å². The molecule has 2 rings (SSSR count). The fourth-order valence-corrected chi connectivity index (χ4v) is 2.03. The molecule has 19 heavy (non-hydrogen) atoms. The van der Waals surface area contributed by atoms with E-state index < -0.39 is 0 Å². The number of hydrogen-bond donors (Lipinski definition) is 1. The van der Waals surface area contributed by atoms with Gasteiger partial charge in [-0.3, -0.25) is 4.98 Å². The van der Waals surface area contributed by atoms with Crippen molar-refractivity contribution in [1.82, 2.24) is 9.97 Å². The Morgan fingerprint density at radius 1 is 1.37 bits per heavy atom. The Morgan fingerprint density at radius 2 is 2.16 bits per heavy atom. The normalized spacial score (nSPS) is 10.2. The molecule has 0 aliphatic carbocycles. The molecule has 0 atom stereocenters. The van der Waals surface area contributed by atoms with Gasteiger partial charge in [0.15, 0.2) is 0 Å². The van der Waals surface area contributed by atoms with Crippen molar-refractivity contribution in [2.75, 3.05) is 11.9 Å². The lowest BCUT2D eigenvalue weighted by atomic mass is 10.2. The molecule has 0 aliphatic rings. The molecule has 5 heteroatoms. The van der Waals surface area contributed by atoms with Gasteiger partial charge in [-0.25, -0.2) is 4.98 Å². The smallest absolute Gasteiger partial charge is 0.139 e. The lowest BCUT2D eigenvalue weighted by molar-refractivity contribution is 0.885. The van der Waals surface area contributed by atoms with E-state index in [9.17, 15) is 0 Å². The first-order chi connectivity index (χ1) is 9.08. The van der Waals surface area contributed by atoms with Crippen LogP contribution in [0.1, 0.15) is 16.8 Å². The molecule has 0 saturated heterocycles. The Bertz CT molecular complexity index is 583. The van der Waals surface area contributed by atoms with Crippen molar-refractivity contribution in [3.05, 3.63) is 53.5 Å². The SMILES string of the molecule is Cc1ccc(C(N)=S)c(N(C)Cc2cccnc2)n1. The molecule has 4 nitrogen and oxygen atoms in total. The summed E-state index contributed by atoms with van der Waals surface area (Å²) in [5.74, 6) is 0.802. The summed E-state index contributed by atoms with van der Waals surface area (Å²) in [6, 6.07) is 7.77. The van der Waals surface area contributed by atoms with Gasteiger partial charge in [0, 0.05) is 31.7 Å². The molecule has 0 saturated carbocycles. The highest BCUT2D eigenvalue weighted by Crippen LogP contribution is 2.19. The third-order valence-electron chi connectivity index (χ3n) is 2.78. The molecule has 2 aromatic rings. The van der Waals surface area contributed by atoms with Gasteiger partial charge >= 0.3 is 0 Å². The van der Waals surface area contributed by atoms with Gasteiger partial charge in [-0.15, -0.1) is 0 Å². The zero-order valence-electron chi connectivity index (χ0n) is 11.0. The van der Waals surface area contributed by atoms with Crippen LogP contribution in [-0.4, -0.2) is 22.0 Å². The molecular formula is C14H16N4S. The van der Waals surface area contributed by atoms with Gasteiger partial charge in [-0.1, -0.05) is 18.3 Å². The molecule has 0 aliphatic heterocycles. The highest BCUT2D eigenvalue weighted by molar-refractivity contribution is 7.80. The van der Waals surface area contributed by atoms with E-state index in [4.69, 9.17) is 18.0 Å². The summed E-state index contributed by atoms with van der Waals surface area (Å²) in [5, 5.41) is 0. The van der Waals surface area contributed by atoms with Crippen LogP contribution in [0.5, 0.6) is 0 Å². The highest BCUT2D eigenvalue weighted by Gasteiger charge is 2.12. The molecular weight excluding hydrogens is 256 g/mol. The largest absolute Gasteiger partial charge is 0.389 e. The number of rotatable bonds is 4. The molecule has 2 N–H and O–H groups in total. The summed E-state index contributed by atoms with van der Waals surface area (Å²) >= 11 is 5.08. The van der Waals surface area contributed by atoms with Gasteiger partial charge in [0.1, 0.15) is 10.8 Å². The molecule has 0 aromatic carbocycles. The fourth-order valence-electron chi connectivity index (χ4n) is 1.87. The third-order valence-corrected chi connectivity index (χ3v) is 3.00. The minimum atomic E-state index is 0.362. The van der Waals surface area contributed by atoms with E-state index in [2.05, 4.69) is 9.97 Å². The van der Waals surface area contributed by atoms with Gasteiger partial charge in [0.25, 0.3) is 0 Å². The maximum atomic E-state index is 5.75. The lowest BCUT2D eigenvalue weighted by Crippen LogP contribution is -2.23. The fraction of sp³-hybridized carbons (Fsp3) is 0.214. The van der Waals surface area contributed by atoms with Crippen LogP contribution in [0.15, 0.2) is 36.7 Å². The molecule has 0 unspecified atom stereocenters. The monoisotopic (exact) mass is 272 g/mol. The predicted octanol–water partition coefficient (Wildman–Crippen LogP) is 2.06. The van der Waals surface area contributed by atoms with Crippen molar-refractivity contribution in [3.63, 3.8) is 0 Å².